The van der Waals surface area contributed by atoms with Crippen LogP contribution in [0.3, 0.4) is 0 Å². The van der Waals surface area contributed by atoms with Crippen LogP contribution >= 0.6 is 0 Å². The first-order valence-electron chi connectivity index (χ1n) is 19.6. The molecule has 266 valence electrons. The maximum absolute atomic E-state index is 2.52. The zero-order valence-corrected chi connectivity index (χ0v) is 31.0. The van der Waals surface area contributed by atoms with E-state index in [0.29, 0.717) is 0 Å². The van der Waals surface area contributed by atoms with E-state index in [0.717, 1.165) is 17.1 Å². The Morgan fingerprint density at radius 3 is 1.32 bits per heavy atom. The largest absolute Gasteiger partial charge is 0.309 e. The first kappa shape index (κ1) is 31.7. The van der Waals surface area contributed by atoms with Crippen LogP contribution in [-0.4, -0.2) is 13.7 Å². The maximum Gasteiger partial charge on any atom is 0.0549 e. The Labute approximate surface area is 329 Å². The van der Waals surface area contributed by atoms with Gasteiger partial charge < -0.3 is 13.7 Å². The highest BCUT2D eigenvalue weighted by Gasteiger charge is 2.24. The van der Waals surface area contributed by atoms with Gasteiger partial charge in [0.2, 0.25) is 0 Å². The molecule has 57 heavy (non-hydrogen) atoms. The van der Waals surface area contributed by atoms with Crippen molar-refractivity contribution >= 4 is 65.4 Å². The molecule has 0 atom stereocenters. The van der Waals surface area contributed by atoms with E-state index in [1.165, 1.54) is 87.7 Å². The highest BCUT2D eigenvalue weighted by atomic mass is 15.0. The van der Waals surface area contributed by atoms with Crippen molar-refractivity contribution in [2.45, 2.75) is 0 Å². The number of hydrogen-bond donors (Lipinski definition) is 0. The van der Waals surface area contributed by atoms with E-state index in [-0.39, 0.29) is 0 Å². The fraction of sp³-hybridized carbons (Fsp3) is 0. The van der Waals surface area contributed by atoms with Crippen molar-refractivity contribution in [3.05, 3.63) is 212 Å². The van der Waals surface area contributed by atoms with E-state index >= 15 is 0 Å². The molecule has 0 saturated heterocycles. The van der Waals surface area contributed by atoms with Gasteiger partial charge in [0.05, 0.1) is 38.8 Å². The molecule has 0 bridgehead atoms. The lowest BCUT2D eigenvalue weighted by Gasteiger charge is -2.16. The second-order valence-corrected chi connectivity index (χ2v) is 14.8. The Hall–Kier alpha value is -7.62. The summed E-state index contributed by atoms with van der Waals surface area (Å²) in [6.45, 7) is 0. The van der Waals surface area contributed by atoms with Gasteiger partial charge in [-0.2, -0.15) is 0 Å². The summed E-state index contributed by atoms with van der Waals surface area (Å²) in [5.41, 5.74) is 15.5. The van der Waals surface area contributed by atoms with Crippen LogP contribution in [0, 0.1) is 0 Å². The van der Waals surface area contributed by atoms with Gasteiger partial charge in [0.1, 0.15) is 0 Å². The quantitative estimate of drug-likeness (QED) is 0.168. The molecule has 3 nitrogen and oxygen atoms in total. The minimum Gasteiger partial charge on any atom is -0.309 e. The van der Waals surface area contributed by atoms with Crippen molar-refractivity contribution in [3.8, 4) is 39.3 Å². The molecule has 3 heterocycles. The fourth-order valence-corrected chi connectivity index (χ4v) is 9.58. The Morgan fingerprint density at radius 2 is 0.667 bits per heavy atom. The molecule has 0 aliphatic rings. The molecular weight excluding hydrogens is 691 g/mol. The molecule has 0 aliphatic heterocycles. The molecule has 12 rings (SSSR count). The molecule has 0 amide bonds. The van der Waals surface area contributed by atoms with Crippen LogP contribution in [0.2, 0.25) is 0 Å². The molecule has 3 heteroatoms. The predicted octanol–water partition coefficient (Wildman–Crippen LogP) is 14.3. The van der Waals surface area contributed by atoms with Crippen LogP contribution in [0.4, 0.5) is 0 Å². The molecule has 0 saturated carbocycles. The molecule has 0 spiro atoms. The number of aromatic nitrogens is 3. The second kappa shape index (κ2) is 12.5. The fourth-order valence-electron chi connectivity index (χ4n) is 9.58. The molecule has 0 fully saturated rings. The monoisotopic (exact) mass is 725 g/mol. The second-order valence-electron chi connectivity index (χ2n) is 14.8. The van der Waals surface area contributed by atoms with E-state index in [9.17, 15) is 0 Å². The molecule has 9 aromatic carbocycles. The van der Waals surface area contributed by atoms with Gasteiger partial charge in [-0.3, -0.25) is 0 Å². The molecule has 3 aromatic heterocycles. The summed E-state index contributed by atoms with van der Waals surface area (Å²) < 4.78 is 7.36. The van der Waals surface area contributed by atoms with Gasteiger partial charge in [0.15, 0.2) is 0 Å². The Balaban J connectivity index is 1.23. The van der Waals surface area contributed by atoms with Crippen molar-refractivity contribution in [1.29, 1.82) is 0 Å². The van der Waals surface area contributed by atoms with Crippen LogP contribution < -0.4 is 0 Å². The van der Waals surface area contributed by atoms with Crippen LogP contribution in [0.5, 0.6) is 0 Å². The van der Waals surface area contributed by atoms with E-state index in [4.69, 9.17) is 0 Å². The zero-order valence-electron chi connectivity index (χ0n) is 31.0. The topological polar surface area (TPSA) is 14.8 Å². The summed E-state index contributed by atoms with van der Waals surface area (Å²) in [6.07, 6.45) is 0. The van der Waals surface area contributed by atoms with Gasteiger partial charge in [0.25, 0.3) is 0 Å². The Kier molecular flexibility index (Phi) is 6.93. The average molecular weight is 726 g/mol. The lowest BCUT2D eigenvalue weighted by Crippen LogP contribution is -1.98. The Morgan fingerprint density at radius 1 is 0.228 bits per heavy atom. The Bertz CT molecular complexity index is 3500. The van der Waals surface area contributed by atoms with Gasteiger partial charge in [0, 0.05) is 49.3 Å². The van der Waals surface area contributed by atoms with Crippen LogP contribution in [0.25, 0.3) is 105 Å². The van der Waals surface area contributed by atoms with Crippen molar-refractivity contribution in [2.75, 3.05) is 0 Å². The highest BCUT2D eigenvalue weighted by Crippen LogP contribution is 2.47. The summed E-state index contributed by atoms with van der Waals surface area (Å²) in [6, 6.07) is 77.3. The predicted molar refractivity (Wildman–Crippen MR) is 240 cm³/mol. The first-order chi connectivity index (χ1) is 28.3. The third-order valence-electron chi connectivity index (χ3n) is 11.8. The maximum atomic E-state index is 2.52. The molecule has 0 N–H and O–H groups in total. The standard InChI is InChI=1S/C54H35N3/c1-4-18-36(19-5-1)39-27-16-33-48-52(39)54-50(35-34-49-53(54)43-26-12-15-31-46(43)56(49)38-22-8-3-9-23-38)57(48)44-29-13-10-24-40(44)41-28-17-32-47-51(41)42-25-11-14-30-45(42)55(47)37-20-6-2-7-21-37/h1-35H. The van der Waals surface area contributed by atoms with E-state index in [2.05, 4.69) is 226 Å². The number of rotatable bonds is 5. The van der Waals surface area contributed by atoms with Gasteiger partial charge in [-0.05, 0) is 83.4 Å². The third kappa shape index (κ3) is 4.60. The number of nitrogens with zero attached hydrogens (tertiary/aromatic N) is 3. The molecular formula is C54H35N3. The third-order valence-corrected chi connectivity index (χ3v) is 11.8. The van der Waals surface area contributed by atoms with E-state index in [1.54, 1.807) is 0 Å². The van der Waals surface area contributed by atoms with Crippen molar-refractivity contribution < 1.29 is 0 Å². The molecule has 0 radical (unpaired) electrons. The normalized spacial score (nSPS) is 11.9. The number of hydrogen-bond acceptors (Lipinski definition) is 0. The molecule has 12 aromatic rings. The SMILES string of the molecule is c1ccc(-c2cccc3c2c2c4c5ccccc5n(-c5ccccc5)c4ccc2n3-c2ccccc2-c2cccc3c2c2ccccc2n3-c2ccccc2)cc1. The van der Waals surface area contributed by atoms with Crippen LogP contribution in [0.1, 0.15) is 0 Å². The molecule has 0 aliphatic carbocycles. The lowest BCUT2D eigenvalue weighted by molar-refractivity contribution is 1.17. The lowest BCUT2D eigenvalue weighted by atomic mass is 9.97. The van der Waals surface area contributed by atoms with Gasteiger partial charge in [-0.1, -0.05) is 146 Å². The van der Waals surface area contributed by atoms with E-state index < -0.39 is 0 Å². The number of fused-ring (bicyclic) bond motifs is 10. The van der Waals surface area contributed by atoms with Crippen LogP contribution in [0.15, 0.2) is 212 Å². The summed E-state index contributed by atoms with van der Waals surface area (Å²) in [7, 11) is 0. The minimum absolute atomic E-state index is 1.15. The smallest absolute Gasteiger partial charge is 0.0549 e. The summed E-state index contributed by atoms with van der Waals surface area (Å²) >= 11 is 0. The first-order valence-corrected chi connectivity index (χ1v) is 19.6. The van der Waals surface area contributed by atoms with Crippen LogP contribution in [-0.2, 0) is 0 Å². The number of para-hydroxylation sites is 5. The average Bonchev–Trinajstić information content (AvgIpc) is 3.93. The van der Waals surface area contributed by atoms with E-state index in [1.807, 2.05) is 0 Å². The highest BCUT2D eigenvalue weighted by molar-refractivity contribution is 6.31. The number of benzene rings is 9. The van der Waals surface area contributed by atoms with Crippen molar-refractivity contribution in [3.63, 3.8) is 0 Å². The zero-order chi connectivity index (χ0) is 37.5. The molecule has 0 unspecified atom stereocenters. The van der Waals surface area contributed by atoms with Crippen molar-refractivity contribution in [1.82, 2.24) is 13.7 Å². The van der Waals surface area contributed by atoms with Gasteiger partial charge in [-0.25, -0.2) is 0 Å². The minimum atomic E-state index is 1.15. The van der Waals surface area contributed by atoms with Gasteiger partial charge >= 0.3 is 0 Å². The summed E-state index contributed by atoms with van der Waals surface area (Å²) in [5.74, 6) is 0. The summed E-state index contributed by atoms with van der Waals surface area (Å²) in [4.78, 5) is 0. The van der Waals surface area contributed by atoms with Crippen molar-refractivity contribution in [2.24, 2.45) is 0 Å². The van der Waals surface area contributed by atoms with Gasteiger partial charge in [-0.15, -0.1) is 0 Å². The summed E-state index contributed by atoms with van der Waals surface area (Å²) in [5, 5.41) is 7.53.